The van der Waals surface area contributed by atoms with Crippen LogP contribution in [0.2, 0.25) is 0 Å². The topological polar surface area (TPSA) is 101 Å². The molecule has 7 heteroatoms. The zero-order valence-corrected chi connectivity index (χ0v) is 12.1. The molecule has 0 aliphatic heterocycles. The van der Waals surface area contributed by atoms with Crippen molar-refractivity contribution in [3.8, 4) is 0 Å². The van der Waals surface area contributed by atoms with Gasteiger partial charge in [0, 0.05) is 24.2 Å². The first-order valence-electron chi connectivity index (χ1n) is 6.37. The van der Waals surface area contributed by atoms with E-state index in [2.05, 4.69) is 0 Å². The fourth-order valence-corrected chi connectivity index (χ4v) is 2.27. The van der Waals surface area contributed by atoms with E-state index in [-0.39, 0.29) is 23.3 Å². The molecule has 0 heterocycles. The van der Waals surface area contributed by atoms with Crippen molar-refractivity contribution in [2.75, 3.05) is 4.90 Å². The highest BCUT2D eigenvalue weighted by Crippen LogP contribution is 2.28. The van der Waals surface area contributed by atoms with E-state index in [1.165, 1.54) is 12.1 Å². The minimum absolute atomic E-state index is 0.139. The van der Waals surface area contributed by atoms with Crippen LogP contribution in [0.25, 0.3) is 0 Å². The predicted octanol–water partition coefficient (Wildman–Crippen LogP) is 1.82. The second-order valence-corrected chi connectivity index (χ2v) is 5.03. The number of carbonyl (C=O) groups excluding carboxylic acids is 1. The normalized spacial score (nSPS) is 10.8. The third-order valence-electron chi connectivity index (χ3n) is 2.96. The minimum atomic E-state index is -0.546. The average Bonchev–Trinajstić information content (AvgIpc) is 2.37. The Morgan fingerprint density at radius 2 is 1.85 bits per heavy atom. The van der Waals surface area contributed by atoms with Gasteiger partial charge in [-0.05, 0) is 33.8 Å². The van der Waals surface area contributed by atoms with Crippen LogP contribution >= 0.6 is 0 Å². The molecule has 110 valence electrons. The lowest BCUT2D eigenvalue weighted by Crippen LogP contribution is -2.39. The number of carbonyl (C=O) groups is 1. The largest absolute Gasteiger partial charge is 0.366 e. The van der Waals surface area contributed by atoms with Crippen molar-refractivity contribution in [1.29, 1.82) is 0 Å². The lowest BCUT2D eigenvalue weighted by Gasteiger charge is -2.34. The van der Waals surface area contributed by atoms with Crippen molar-refractivity contribution in [2.24, 2.45) is 5.84 Å². The van der Waals surface area contributed by atoms with Crippen molar-refractivity contribution in [3.63, 3.8) is 0 Å². The molecule has 1 amide bonds. The predicted molar refractivity (Wildman–Crippen MR) is 77.5 cm³/mol. The van der Waals surface area contributed by atoms with E-state index >= 15 is 0 Å². The molecule has 1 aromatic rings. The first-order valence-corrected chi connectivity index (χ1v) is 6.37. The number of benzene rings is 1. The second-order valence-electron chi connectivity index (χ2n) is 5.03. The average molecular weight is 280 g/mol. The Bertz CT molecular complexity index is 506. The summed E-state index contributed by atoms with van der Waals surface area (Å²) in [6.07, 6.45) is 0. The fraction of sp³-hybridized carbons (Fsp3) is 0.462. The van der Waals surface area contributed by atoms with Gasteiger partial charge in [-0.25, -0.2) is 5.84 Å². The summed E-state index contributed by atoms with van der Waals surface area (Å²) in [7, 11) is 0. The summed E-state index contributed by atoms with van der Waals surface area (Å²) in [4.78, 5) is 24.2. The van der Waals surface area contributed by atoms with E-state index in [9.17, 15) is 14.9 Å². The third-order valence-corrected chi connectivity index (χ3v) is 2.96. The molecule has 3 N–H and O–H groups in total. The second kappa shape index (κ2) is 6.33. The Morgan fingerprint density at radius 1 is 1.30 bits per heavy atom. The molecule has 0 saturated heterocycles. The summed E-state index contributed by atoms with van der Waals surface area (Å²) in [5.41, 5.74) is 2.72. The molecule has 20 heavy (non-hydrogen) atoms. The lowest BCUT2D eigenvalue weighted by atomic mass is 10.1. The molecule has 1 aromatic carbocycles. The molecule has 0 bridgehead atoms. The van der Waals surface area contributed by atoms with Crippen molar-refractivity contribution in [1.82, 2.24) is 5.43 Å². The number of hydrogen-bond acceptors (Lipinski definition) is 5. The number of nitrogens with one attached hydrogen (secondary N) is 1. The van der Waals surface area contributed by atoms with E-state index in [4.69, 9.17) is 5.84 Å². The van der Waals surface area contributed by atoms with Crippen molar-refractivity contribution < 1.29 is 9.72 Å². The van der Waals surface area contributed by atoms with Gasteiger partial charge in [0.05, 0.1) is 16.2 Å². The maximum absolute atomic E-state index is 11.9. The van der Waals surface area contributed by atoms with Crippen LogP contribution in [0.5, 0.6) is 0 Å². The number of nitro groups is 1. The van der Waals surface area contributed by atoms with Gasteiger partial charge >= 0.3 is 0 Å². The van der Waals surface area contributed by atoms with Crippen LogP contribution < -0.4 is 16.2 Å². The maximum Gasteiger partial charge on any atom is 0.270 e. The van der Waals surface area contributed by atoms with Gasteiger partial charge in [0.25, 0.3) is 11.6 Å². The van der Waals surface area contributed by atoms with E-state index in [0.717, 1.165) is 0 Å². The van der Waals surface area contributed by atoms with Gasteiger partial charge in [0.1, 0.15) is 0 Å². The monoisotopic (exact) mass is 280 g/mol. The van der Waals surface area contributed by atoms with Crippen LogP contribution in [0.3, 0.4) is 0 Å². The summed E-state index contributed by atoms with van der Waals surface area (Å²) >= 11 is 0. The summed E-state index contributed by atoms with van der Waals surface area (Å²) in [6.45, 7) is 7.97. The number of nitrogens with zero attached hydrogens (tertiary/aromatic N) is 2. The van der Waals surface area contributed by atoms with Crippen molar-refractivity contribution in [3.05, 3.63) is 33.9 Å². The van der Waals surface area contributed by atoms with Gasteiger partial charge in [-0.1, -0.05) is 0 Å². The molecule has 7 nitrogen and oxygen atoms in total. The summed E-state index contributed by atoms with van der Waals surface area (Å²) < 4.78 is 0. The molecule has 0 atom stereocenters. The van der Waals surface area contributed by atoms with Gasteiger partial charge in [-0.15, -0.1) is 0 Å². The van der Waals surface area contributed by atoms with Gasteiger partial charge in [-0.3, -0.25) is 20.3 Å². The molecular weight excluding hydrogens is 260 g/mol. The Hall–Kier alpha value is -2.15. The number of nitrogen functional groups attached to an aromatic ring is 1. The lowest BCUT2D eigenvalue weighted by molar-refractivity contribution is -0.384. The Labute approximate surface area is 117 Å². The quantitative estimate of drug-likeness (QED) is 0.371. The number of anilines is 1. The minimum Gasteiger partial charge on any atom is -0.366 e. The summed E-state index contributed by atoms with van der Waals surface area (Å²) in [5, 5.41) is 10.8. The Balaban J connectivity index is 3.44. The number of hydrogen-bond donors (Lipinski definition) is 2. The van der Waals surface area contributed by atoms with Crippen molar-refractivity contribution in [2.45, 2.75) is 39.8 Å². The molecule has 0 aliphatic carbocycles. The zero-order chi connectivity index (χ0) is 15.4. The van der Waals surface area contributed by atoms with Gasteiger partial charge in [0.15, 0.2) is 0 Å². The third kappa shape index (κ3) is 3.24. The molecule has 0 saturated carbocycles. The number of nitro benzene ring substituents is 1. The van der Waals surface area contributed by atoms with E-state index in [1.54, 1.807) is 6.07 Å². The Morgan fingerprint density at radius 3 is 2.25 bits per heavy atom. The van der Waals surface area contributed by atoms with E-state index < -0.39 is 10.8 Å². The maximum atomic E-state index is 11.9. The smallest absolute Gasteiger partial charge is 0.270 e. The van der Waals surface area contributed by atoms with Gasteiger partial charge < -0.3 is 4.90 Å². The Kier molecular flexibility index (Phi) is 5.04. The zero-order valence-electron chi connectivity index (χ0n) is 12.1. The summed E-state index contributed by atoms with van der Waals surface area (Å²) in [6, 6.07) is 4.50. The first-order chi connectivity index (χ1) is 9.29. The standard InChI is InChI=1S/C13H20N4O3/c1-8(2)16(9(3)4)12-6-5-10(17(19)20)7-11(12)13(18)15-14/h5-9H,14H2,1-4H3,(H,15,18). The number of rotatable bonds is 5. The molecule has 0 aliphatic rings. The summed E-state index contributed by atoms with van der Waals surface area (Å²) in [5.74, 6) is 4.62. The van der Waals surface area contributed by atoms with Gasteiger partial charge in [-0.2, -0.15) is 0 Å². The van der Waals surface area contributed by atoms with Crippen LogP contribution in [0.1, 0.15) is 38.1 Å². The molecular formula is C13H20N4O3. The van der Waals surface area contributed by atoms with Crippen LogP contribution in [0.4, 0.5) is 11.4 Å². The molecule has 1 rings (SSSR count). The highest BCUT2D eigenvalue weighted by atomic mass is 16.6. The van der Waals surface area contributed by atoms with Crippen LogP contribution in [-0.2, 0) is 0 Å². The van der Waals surface area contributed by atoms with Crippen LogP contribution in [-0.4, -0.2) is 22.9 Å². The van der Waals surface area contributed by atoms with E-state index in [1.807, 2.05) is 38.0 Å². The molecule has 0 spiro atoms. The SMILES string of the molecule is CC(C)N(c1ccc([N+](=O)[O-])cc1C(=O)NN)C(C)C. The first kappa shape index (κ1) is 15.9. The highest BCUT2D eigenvalue weighted by molar-refractivity contribution is 6.00. The van der Waals surface area contributed by atoms with Gasteiger partial charge in [0.2, 0.25) is 0 Å². The van der Waals surface area contributed by atoms with Crippen molar-refractivity contribution >= 4 is 17.3 Å². The molecule has 0 aromatic heterocycles. The molecule has 0 radical (unpaired) electrons. The highest BCUT2D eigenvalue weighted by Gasteiger charge is 2.23. The van der Waals surface area contributed by atoms with Crippen LogP contribution in [0.15, 0.2) is 18.2 Å². The number of non-ortho nitro benzene ring substituents is 1. The van der Waals surface area contributed by atoms with Crippen LogP contribution in [0, 0.1) is 10.1 Å². The van der Waals surface area contributed by atoms with E-state index in [0.29, 0.717) is 5.69 Å². The fourth-order valence-electron chi connectivity index (χ4n) is 2.27. The number of amides is 1. The number of nitrogens with two attached hydrogens (primary N) is 1. The molecule has 0 unspecified atom stereocenters. The molecule has 0 fully saturated rings. The number of hydrazine groups is 1.